The van der Waals surface area contributed by atoms with Crippen molar-refractivity contribution in [2.75, 3.05) is 6.61 Å². The summed E-state index contributed by atoms with van der Waals surface area (Å²) >= 11 is 0. The molecule has 1 saturated carbocycles. The van der Waals surface area contributed by atoms with E-state index < -0.39 is 17.2 Å². The van der Waals surface area contributed by atoms with Crippen molar-refractivity contribution >= 4 is 0 Å². The van der Waals surface area contributed by atoms with Crippen LogP contribution in [-0.2, 0) is 5.54 Å². The van der Waals surface area contributed by atoms with Gasteiger partial charge in [-0.05, 0) is 37.5 Å². The van der Waals surface area contributed by atoms with Gasteiger partial charge in [-0.25, -0.2) is 8.78 Å². The molecule has 1 aliphatic rings. The van der Waals surface area contributed by atoms with Crippen molar-refractivity contribution in [3.8, 4) is 0 Å². The van der Waals surface area contributed by atoms with Gasteiger partial charge in [0.15, 0.2) is 0 Å². The van der Waals surface area contributed by atoms with Crippen molar-refractivity contribution in [3.63, 3.8) is 0 Å². The smallest absolute Gasteiger partial charge is 0.126 e. The van der Waals surface area contributed by atoms with Crippen LogP contribution < -0.4 is 5.32 Å². The Morgan fingerprint density at radius 1 is 1.22 bits per heavy atom. The van der Waals surface area contributed by atoms with Gasteiger partial charge in [0, 0.05) is 12.1 Å². The van der Waals surface area contributed by atoms with Crippen LogP contribution in [0.25, 0.3) is 0 Å². The summed E-state index contributed by atoms with van der Waals surface area (Å²) in [6, 6.07) is 3.72. The van der Waals surface area contributed by atoms with Crippen LogP contribution in [0.4, 0.5) is 8.78 Å². The lowest BCUT2D eigenvalue weighted by Gasteiger charge is -2.33. The summed E-state index contributed by atoms with van der Waals surface area (Å²) in [7, 11) is 0. The summed E-state index contributed by atoms with van der Waals surface area (Å²) < 4.78 is 26.5. The highest BCUT2D eigenvalue weighted by Crippen LogP contribution is 2.27. The highest BCUT2D eigenvalue weighted by atomic mass is 19.1. The first-order chi connectivity index (χ1) is 8.53. The lowest BCUT2D eigenvalue weighted by molar-refractivity contribution is 0.160. The first-order valence-electron chi connectivity index (χ1n) is 6.38. The van der Waals surface area contributed by atoms with Gasteiger partial charge in [-0.2, -0.15) is 0 Å². The highest BCUT2D eigenvalue weighted by Gasteiger charge is 2.30. The Hall–Kier alpha value is -1.00. The fourth-order valence-corrected chi connectivity index (χ4v) is 2.61. The van der Waals surface area contributed by atoms with Crippen LogP contribution in [0.3, 0.4) is 0 Å². The van der Waals surface area contributed by atoms with E-state index >= 15 is 0 Å². The molecule has 2 nitrogen and oxygen atoms in total. The van der Waals surface area contributed by atoms with Crippen LogP contribution >= 0.6 is 0 Å². The Balaban J connectivity index is 2.23. The van der Waals surface area contributed by atoms with Crippen molar-refractivity contribution in [2.24, 2.45) is 0 Å². The Morgan fingerprint density at radius 2 is 1.78 bits per heavy atom. The molecule has 1 unspecified atom stereocenters. The van der Waals surface area contributed by atoms with E-state index in [1.165, 1.54) is 12.1 Å². The molecule has 1 aromatic rings. The normalized spacial score (nSPS) is 20.0. The molecular formula is C14H19F2NO. The molecule has 0 aromatic heterocycles. The molecule has 0 radical (unpaired) electrons. The minimum absolute atomic E-state index is 0.188. The van der Waals surface area contributed by atoms with Gasteiger partial charge in [-0.3, -0.25) is 0 Å². The molecule has 0 bridgehead atoms. The Kier molecular flexibility index (Phi) is 3.97. The van der Waals surface area contributed by atoms with E-state index in [9.17, 15) is 13.9 Å². The number of hydrogen-bond donors (Lipinski definition) is 2. The van der Waals surface area contributed by atoms with Crippen LogP contribution in [0.2, 0.25) is 0 Å². The second-order valence-corrected chi connectivity index (χ2v) is 5.27. The minimum atomic E-state index is -0.794. The summed E-state index contributed by atoms with van der Waals surface area (Å²) in [6.45, 7) is 1.59. The zero-order valence-electron chi connectivity index (χ0n) is 10.5. The second kappa shape index (κ2) is 5.33. The molecule has 18 heavy (non-hydrogen) atoms. The molecule has 1 aliphatic carbocycles. The number of rotatable bonds is 4. The van der Waals surface area contributed by atoms with Crippen molar-refractivity contribution < 1.29 is 13.9 Å². The average Bonchev–Trinajstić information content (AvgIpc) is 2.80. The van der Waals surface area contributed by atoms with E-state index in [-0.39, 0.29) is 6.61 Å². The molecule has 0 saturated heterocycles. The fourth-order valence-electron chi connectivity index (χ4n) is 2.61. The van der Waals surface area contributed by atoms with Crippen LogP contribution in [0.1, 0.15) is 38.2 Å². The molecule has 2 rings (SSSR count). The third kappa shape index (κ3) is 2.87. The third-order valence-electron chi connectivity index (χ3n) is 3.69. The standard InChI is InChI=1S/C14H19F2NO/c1-14(9-18,17-13-4-2-3-5-13)10-6-11(15)8-12(16)7-10/h6-8,13,17-18H,2-5,9H2,1H3. The summed E-state index contributed by atoms with van der Waals surface area (Å²) in [5.41, 5.74) is -0.341. The number of aliphatic hydroxyl groups is 1. The van der Waals surface area contributed by atoms with Gasteiger partial charge in [0.2, 0.25) is 0 Å². The topological polar surface area (TPSA) is 32.3 Å². The molecular weight excluding hydrogens is 236 g/mol. The summed E-state index contributed by atoms with van der Waals surface area (Å²) in [5.74, 6) is -1.23. The number of halogens is 2. The maximum atomic E-state index is 13.3. The number of nitrogens with one attached hydrogen (secondary N) is 1. The van der Waals surface area contributed by atoms with Gasteiger partial charge >= 0.3 is 0 Å². The Morgan fingerprint density at radius 3 is 2.28 bits per heavy atom. The van der Waals surface area contributed by atoms with Crippen molar-refractivity contribution in [2.45, 2.75) is 44.2 Å². The van der Waals surface area contributed by atoms with Gasteiger partial charge in [0.25, 0.3) is 0 Å². The molecule has 1 atom stereocenters. The highest BCUT2D eigenvalue weighted by molar-refractivity contribution is 5.26. The summed E-state index contributed by atoms with van der Waals surface area (Å²) in [4.78, 5) is 0. The van der Waals surface area contributed by atoms with Crippen LogP contribution in [0.5, 0.6) is 0 Å². The minimum Gasteiger partial charge on any atom is -0.394 e. The zero-order chi connectivity index (χ0) is 13.2. The van der Waals surface area contributed by atoms with E-state index in [2.05, 4.69) is 5.32 Å². The quantitative estimate of drug-likeness (QED) is 0.867. The SMILES string of the molecule is CC(CO)(NC1CCCC1)c1cc(F)cc(F)c1. The largest absolute Gasteiger partial charge is 0.394 e. The predicted molar refractivity (Wildman–Crippen MR) is 66.2 cm³/mol. The molecule has 4 heteroatoms. The molecule has 2 N–H and O–H groups in total. The first-order valence-corrected chi connectivity index (χ1v) is 6.38. The van der Waals surface area contributed by atoms with Crippen LogP contribution in [-0.4, -0.2) is 17.8 Å². The lowest BCUT2D eigenvalue weighted by atomic mass is 9.91. The van der Waals surface area contributed by atoms with E-state index in [1.807, 2.05) is 0 Å². The van der Waals surface area contributed by atoms with Crippen molar-refractivity contribution in [1.82, 2.24) is 5.32 Å². The van der Waals surface area contributed by atoms with E-state index in [1.54, 1.807) is 6.92 Å². The lowest BCUT2D eigenvalue weighted by Crippen LogP contribution is -2.47. The molecule has 0 heterocycles. The van der Waals surface area contributed by atoms with E-state index in [0.29, 0.717) is 11.6 Å². The van der Waals surface area contributed by atoms with Gasteiger partial charge in [-0.15, -0.1) is 0 Å². The van der Waals surface area contributed by atoms with Gasteiger partial charge < -0.3 is 10.4 Å². The Bertz CT molecular complexity index is 398. The van der Waals surface area contributed by atoms with Crippen molar-refractivity contribution in [1.29, 1.82) is 0 Å². The molecule has 100 valence electrons. The van der Waals surface area contributed by atoms with Crippen LogP contribution in [0, 0.1) is 11.6 Å². The number of hydrogen-bond acceptors (Lipinski definition) is 2. The van der Waals surface area contributed by atoms with Gasteiger partial charge in [0.05, 0.1) is 12.1 Å². The van der Waals surface area contributed by atoms with E-state index in [0.717, 1.165) is 31.7 Å². The van der Waals surface area contributed by atoms with Crippen LogP contribution in [0.15, 0.2) is 18.2 Å². The van der Waals surface area contributed by atoms with Gasteiger partial charge in [-0.1, -0.05) is 12.8 Å². The van der Waals surface area contributed by atoms with E-state index in [4.69, 9.17) is 0 Å². The molecule has 1 aromatic carbocycles. The third-order valence-corrected chi connectivity index (χ3v) is 3.69. The maximum absolute atomic E-state index is 13.3. The number of aliphatic hydroxyl groups excluding tert-OH is 1. The average molecular weight is 255 g/mol. The Labute approximate surface area is 106 Å². The predicted octanol–water partition coefficient (Wildman–Crippen LogP) is 2.70. The maximum Gasteiger partial charge on any atom is 0.126 e. The monoisotopic (exact) mass is 255 g/mol. The summed E-state index contributed by atoms with van der Waals surface area (Å²) in [6.07, 6.45) is 4.42. The fraction of sp³-hybridized carbons (Fsp3) is 0.571. The van der Waals surface area contributed by atoms with Crippen molar-refractivity contribution in [3.05, 3.63) is 35.4 Å². The number of benzene rings is 1. The summed E-state index contributed by atoms with van der Waals surface area (Å²) in [5, 5.41) is 12.9. The van der Waals surface area contributed by atoms with Gasteiger partial charge in [0.1, 0.15) is 11.6 Å². The molecule has 0 amide bonds. The molecule has 1 fully saturated rings. The first kappa shape index (κ1) is 13.4. The molecule has 0 spiro atoms. The molecule has 0 aliphatic heterocycles. The second-order valence-electron chi connectivity index (χ2n) is 5.27. The zero-order valence-corrected chi connectivity index (χ0v) is 10.5.